The summed E-state index contributed by atoms with van der Waals surface area (Å²) in [6.45, 7) is 0.404. The summed E-state index contributed by atoms with van der Waals surface area (Å²) >= 11 is 5.99. The Balaban J connectivity index is 2.19. The fourth-order valence-electron chi connectivity index (χ4n) is 1.23. The van der Waals surface area contributed by atoms with E-state index in [-0.39, 0.29) is 0 Å². The minimum atomic E-state index is 0.291. The lowest BCUT2D eigenvalue weighted by molar-refractivity contribution is 0.439. The molecule has 0 unspecified atom stereocenters. The molecule has 0 bridgehead atoms. The van der Waals surface area contributed by atoms with E-state index in [9.17, 15) is 0 Å². The Hall–Kier alpha value is -1.59. The van der Waals surface area contributed by atoms with Gasteiger partial charge in [0.1, 0.15) is 12.1 Å². The Bertz CT molecular complexity index is 497. The predicted molar refractivity (Wildman–Crippen MR) is 60.4 cm³/mol. The summed E-state index contributed by atoms with van der Waals surface area (Å²) in [4.78, 5) is 3.95. The van der Waals surface area contributed by atoms with Crippen molar-refractivity contribution in [3.63, 3.8) is 0 Å². The smallest absolute Gasteiger partial charge is 0.340 e. The van der Waals surface area contributed by atoms with Crippen LogP contribution >= 0.6 is 11.6 Å². The molecule has 0 saturated carbocycles. The molecule has 0 atom stereocenters. The quantitative estimate of drug-likeness (QED) is 0.884. The van der Waals surface area contributed by atoms with Crippen LogP contribution in [0.3, 0.4) is 0 Å². The Labute approximate surface area is 97.8 Å². The van der Waals surface area contributed by atoms with Gasteiger partial charge in [-0.15, -0.1) is 5.10 Å². The monoisotopic (exact) mass is 238 g/mol. The third-order valence-electron chi connectivity index (χ3n) is 2.03. The van der Waals surface area contributed by atoms with Crippen molar-refractivity contribution in [2.24, 2.45) is 12.8 Å². The normalized spacial score (nSPS) is 10.4. The first-order valence-corrected chi connectivity index (χ1v) is 5.09. The number of aromatic nitrogens is 3. The van der Waals surface area contributed by atoms with Crippen LogP contribution in [0.4, 0.5) is 0 Å². The van der Waals surface area contributed by atoms with Crippen molar-refractivity contribution in [3.8, 4) is 11.8 Å². The molecule has 0 fully saturated rings. The number of hydrogen-bond donors (Lipinski definition) is 1. The van der Waals surface area contributed by atoms with Crippen molar-refractivity contribution in [1.29, 1.82) is 0 Å². The summed E-state index contributed by atoms with van der Waals surface area (Å²) in [7, 11) is 1.77. The van der Waals surface area contributed by atoms with Crippen LogP contribution in [0.25, 0.3) is 0 Å². The van der Waals surface area contributed by atoms with Gasteiger partial charge in [0.25, 0.3) is 0 Å². The molecular formula is C10H11ClN4O. The maximum Gasteiger partial charge on any atom is 0.340 e. The Morgan fingerprint density at radius 2 is 2.31 bits per heavy atom. The number of rotatable bonds is 3. The van der Waals surface area contributed by atoms with Gasteiger partial charge in [0.2, 0.25) is 0 Å². The molecule has 1 aromatic carbocycles. The van der Waals surface area contributed by atoms with Crippen LogP contribution in [0, 0.1) is 0 Å². The molecule has 1 heterocycles. The van der Waals surface area contributed by atoms with Gasteiger partial charge in [-0.3, -0.25) is 4.68 Å². The largest absolute Gasteiger partial charge is 0.423 e. The van der Waals surface area contributed by atoms with Crippen molar-refractivity contribution >= 4 is 11.6 Å². The highest BCUT2D eigenvalue weighted by molar-refractivity contribution is 6.31. The zero-order chi connectivity index (χ0) is 11.5. The van der Waals surface area contributed by atoms with E-state index >= 15 is 0 Å². The fourth-order valence-corrected chi connectivity index (χ4v) is 1.48. The van der Waals surface area contributed by atoms with Crippen molar-refractivity contribution < 1.29 is 4.74 Å². The van der Waals surface area contributed by atoms with E-state index in [2.05, 4.69) is 10.1 Å². The van der Waals surface area contributed by atoms with E-state index in [0.717, 1.165) is 5.56 Å². The average Bonchev–Trinajstić information content (AvgIpc) is 2.64. The molecule has 5 nitrogen and oxygen atoms in total. The Morgan fingerprint density at radius 1 is 1.50 bits per heavy atom. The van der Waals surface area contributed by atoms with Gasteiger partial charge in [0, 0.05) is 18.6 Å². The van der Waals surface area contributed by atoms with Crippen LogP contribution in [0.1, 0.15) is 5.56 Å². The lowest BCUT2D eigenvalue weighted by Crippen LogP contribution is -1.97. The first-order valence-electron chi connectivity index (χ1n) is 4.71. The second-order valence-electron chi connectivity index (χ2n) is 3.26. The maximum atomic E-state index is 5.99. The van der Waals surface area contributed by atoms with Gasteiger partial charge >= 0.3 is 6.01 Å². The van der Waals surface area contributed by atoms with E-state index in [1.165, 1.54) is 0 Å². The molecule has 16 heavy (non-hydrogen) atoms. The number of hydrogen-bond acceptors (Lipinski definition) is 4. The molecule has 0 spiro atoms. The molecule has 0 saturated heterocycles. The molecule has 0 aliphatic heterocycles. The second-order valence-corrected chi connectivity index (χ2v) is 3.67. The molecule has 84 valence electrons. The van der Waals surface area contributed by atoms with Gasteiger partial charge < -0.3 is 10.5 Å². The third kappa shape index (κ3) is 2.32. The lowest BCUT2D eigenvalue weighted by atomic mass is 10.2. The van der Waals surface area contributed by atoms with Crippen LogP contribution in [0.5, 0.6) is 11.8 Å². The molecule has 0 aliphatic rings. The lowest BCUT2D eigenvalue weighted by Gasteiger charge is -2.04. The molecule has 2 N–H and O–H groups in total. The Morgan fingerprint density at radius 3 is 2.88 bits per heavy atom. The molecule has 0 amide bonds. The van der Waals surface area contributed by atoms with Gasteiger partial charge in [-0.2, -0.15) is 4.98 Å². The third-order valence-corrected chi connectivity index (χ3v) is 2.38. The molecule has 1 aromatic heterocycles. The van der Waals surface area contributed by atoms with Gasteiger partial charge in [-0.05, 0) is 17.7 Å². The minimum Gasteiger partial charge on any atom is -0.423 e. The van der Waals surface area contributed by atoms with E-state index < -0.39 is 0 Å². The summed E-state index contributed by atoms with van der Waals surface area (Å²) in [6.07, 6.45) is 1.56. The predicted octanol–water partition coefficient (Wildman–Crippen LogP) is 1.72. The van der Waals surface area contributed by atoms with Crippen molar-refractivity contribution in [1.82, 2.24) is 14.8 Å². The van der Waals surface area contributed by atoms with Crippen LogP contribution in [0.15, 0.2) is 24.5 Å². The van der Waals surface area contributed by atoms with Gasteiger partial charge in [-0.25, -0.2) is 0 Å². The number of nitrogens with two attached hydrogens (primary N) is 1. The van der Waals surface area contributed by atoms with Crippen molar-refractivity contribution in [2.45, 2.75) is 6.54 Å². The van der Waals surface area contributed by atoms with E-state index in [1.807, 2.05) is 6.07 Å². The average molecular weight is 239 g/mol. The summed E-state index contributed by atoms with van der Waals surface area (Å²) in [5.74, 6) is 0.591. The maximum absolute atomic E-state index is 5.99. The topological polar surface area (TPSA) is 66.0 Å². The van der Waals surface area contributed by atoms with Crippen molar-refractivity contribution in [2.75, 3.05) is 0 Å². The highest BCUT2D eigenvalue weighted by Gasteiger charge is 2.04. The number of nitrogens with zero attached hydrogens (tertiary/aromatic N) is 3. The minimum absolute atomic E-state index is 0.291. The van der Waals surface area contributed by atoms with E-state index in [0.29, 0.717) is 23.3 Å². The van der Waals surface area contributed by atoms with Gasteiger partial charge in [0.15, 0.2) is 0 Å². The highest BCUT2D eigenvalue weighted by atomic mass is 35.5. The van der Waals surface area contributed by atoms with Crippen LogP contribution in [0.2, 0.25) is 5.02 Å². The van der Waals surface area contributed by atoms with E-state index in [4.69, 9.17) is 22.1 Å². The number of benzene rings is 1. The molecule has 6 heteroatoms. The van der Waals surface area contributed by atoms with Crippen LogP contribution in [-0.2, 0) is 13.6 Å². The second kappa shape index (κ2) is 4.51. The number of ether oxygens (including phenoxy) is 1. The summed E-state index contributed by atoms with van der Waals surface area (Å²) in [5, 5.41) is 4.57. The SMILES string of the molecule is Cn1cnc(Oc2ccc(CN)c(Cl)c2)n1. The van der Waals surface area contributed by atoms with Gasteiger partial charge in [0.05, 0.1) is 0 Å². The number of halogens is 1. The molecular weight excluding hydrogens is 228 g/mol. The highest BCUT2D eigenvalue weighted by Crippen LogP contribution is 2.24. The molecule has 2 rings (SSSR count). The van der Waals surface area contributed by atoms with Crippen LogP contribution < -0.4 is 10.5 Å². The van der Waals surface area contributed by atoms with Crippen molar-refractivity contribution in [3.05, 3.63) is 35.1 Å². The van der Waals surface area contributed by atoms with Gasteiger partial charge in [-0.1, -0.05) is 17.7 Å². The fraction of sp³-hybridized carbons (Fsp3) is 0.200. The molecule has 0 aliphatic carbocycles. The standard InChI is InChI=1S/C10H11ClN4O/c1-15-6-13-10(14-15)16-8-3-2-7(5-12)9(11)4-8/h2-4,6H,5,12H2,1H3. The summed E-state index contributed by atoms with van der Waals surface area (Å²) < 4.78 is 6.97. The zero-order valence-corrected chi connectivity index (χ0v) is 9.48. The summed E-state index contributed by atoms with van der Waals surface area (Å²) in [5.41, 5.74) is 6.38. The Kier molecular flexibility index (Phi) is 3.07. The first kappa shape index (κ1) is 10.9. The summed E-state index contributed by atoms with van der Waals surface area (Å²) in [6, 6.07) is 5.59. The van der Waals surface area contributed by atoms with E-state index in [1.54, 1.807) is 30.2 Å². The van der Waals surface area contributed by atoms with Crippen LogP contribution in [-0.4, -0.2) is 14.8 Å². The zero-order valence-electron chi connectivity index (χ0n) is 8.72. The molecule has 2 aromatic rings. The first-order chi connectivity index (χ1) is 7.69. The number of aryl methyl sites for hydroxylation is 1. The molecule has 0 radical (unpaired) electrons.